The Hall–Kier alpha value is -3.97. The number of halogens is 4. The fourth-order valence-corrected chi connectivity index (χ4v) is 7.63. The summed E-state index contributed by atoms with van der Waals surface area (Å²) in [5.74, 6) is -10.5. The molecule has 2 N–H and O–H groups in total. The third-order valence-electron chi connectivity index (χ3n) is 8.45. The number of hydrogen-bond donors (Lipinski definition) is 2. The van der Waals surface area contributed by atoms with Crippen LogP contribution in [-0.2, 0) is 21.4 Å². The zero-order valence-electron chi connectivity index (χ0n) is 23.7. The zero-order valence-corrected chi connectivity index (χ0v) is 24.5. The van der Waals surface area contributed by atoms with Gasteiger partial charge in [-0.25, -0.2) is 30.8 Å². The van der Waals surface area contributed by atoms with Gasteiger partial charge in [-0.1, -0.05) is 43.5 Å². The second-order valence-corrected chi connectivity index (χ2v) is 13.0. The van der Waals surface area contributed by atoms with Crippen molar-refractivity contribution in [2.24, 2.45) is 0 Å². The Morgan fingerprint density at radius 1 is 0.909 bits per heavy atom. The number of sulfonamides is 1. The van der Waals surface area contributed by atoms with E-state index in [1.54, 1.807) is 0 Å². The highest BCUT2D eigenvalue weighted by atomic mass is 32.2. The van der Waals surface area contributed by atoms with Crippen LogP contribution in [0.1, 0.15) is 71.5 Å². The first kappa shape index (κ1) is 31.5. The minimum atomic E-state index is -5.15. The van der Waals surface area contributed by atoms with Crippen LogP contribution < -0.4 is 4.90 Å². The Labute approximate surface area is 251 Å². The van der Waals surface area contributed by atoms with E-state index < -0.39 is 73.0 Å². The third-order valence-corrected chi connectivity index (χ3v) is 10.4. The van der Waals surface area contributed by atoms with E-state index in [0.717, 1.165) is 55.2 Å². The molecular weight excluding hydrogens is 604 g/mol. The molecule has 1 aliphatic heterocycles. The molecular formula is C31H30F4N2O6S. The number of benzene rings is 3. The molecule has 5 rings (SSSR count). The molecule has 0 radical (unpaired) electrons. The minimum Gasteiger partial charge on any atom is -0.507 e. The van der Waals surface area contributed by atoms with Crippen LogP contribution in [0.5, 0.6) is 5.75 Å². The lowest BCUT2D eigenvalue weighted by atomic mass is 9.84. The van der Waals surface area contributed by atoms with Crippen molar-refractivity contribution in [1.82, 2.24) is 4.31 Å². The summed E-state index contributed by atoms with van der Waals surface area (Å²) in [5, 5.41) is 19.7. The normalized spacial score (nSPS) is 17.7. The van der Waals surface area contributed by atoms with E-state index in [1.165, 1.54) is 12.5 Å². The van der Waals surface area contributed by atoms with Crippen molar-refractivity contribution in [3.8, 4) is 5.75 Å². The zero-order chi connectivity index (χ0) is 31.9. The van der Waals surface area contributed by atoms with E-state index in [0.29, 0.717) is 15.8 Å². The molecule has 1 saturated heterocycles. The SMILES string of the molecule is Cc1c(F)c(F)c(F)c(S(=O)(=O)N2CC[C@@H]2C(=O)N(Cc2ccc(C3CCCCC3)cc2)c2ccc(C(=O)O)c(O)c2)c1F. The van der Waals surface area contributed by atoms with E-state index in [1.807, 2.05) is 24.3 Å². The number of rotatable bonds is 8. The number of hydrogen-bond acceptors (Lipinski definition) is 5. The highest BCUT2D eigenvalue weighted by Crippen LogP contribution is 2.37. The molecule has 0 aromatic heterocycles. The molecule has 0 unspecified atom stereocenters. The Balaban J connectivity index is 1.49. The second-order valence-electron chi connectivity index (χ2n) is 11.1. The molecule has 2 fully saturated rings. The molecule has 1 saturated carbocycles. The Morgan fingerprint density at radius 2 is 1.57 bits per heavy atom. The van der Waals surface area contributed by atoms with Crippen LogP contribution in [0.15, 0.2) is 47.4 Å². The van der Waals surface area contributed by atoms with Gasteiger partial charge < -0.3 is 15.1 Å². The summed E-state index contributed by atoms with van der Waals surface area (Å²) in [4.78, 5) is 24.8. The maximum absolute atomic E-state index is 14.8. The quantitative estimate of drug-likeness (QED) is 0.179. The van der Waals surface area contributed by atoms with Crippen molar-refractivity contribution in [3.63, 3.8) is 0 Å². The van der Waals surface area contributed by atoms with Crippen LogP contribution in [0, 0.1) is 30.2 Å². The molecule has 1 atom stereocenters. The highest BCUT2D eigenvalue weighted by Gasteiger charge is 2.47. The van der Waals surface area contributed by atoms with E-state index in [-0.39, 0.29) is 25.2 Å². The molecule has 2 aliphatic rings. The van der Waals surface area contributed by atoms with Gasteiger partial charge in [-0.2, -0.15) is 4.31 Å². The fraction of sp³-hybridized carbons (Fsp3) is 0.355. The Bertz CT molecular complexity index is 1700. The number of carboxylic acid groups (broad SMARTS) is 1. The lowest BCUT2D eigenvalue weighted by molar-refractivity contribution is -0.125. The predicted molar refractivity (Wildman–Crippen MR) is 152 cm³/mol. The summed E-state index contributed by atoms with van der Waals surface area (Å²) in [5.41, 5.74) is 0.376. The van der Waals surface area contributed by atoms with E-state index >= 15 is 0 Å². The monoisotopic (exact) mass is 634 g/mol. The van der Waals surface area contributed by atoms with Crippen LogP contribution in [0.4, 0.5) is 23.2 Å². The summed E-state index contributed by atoms with van der Waals surface area (Å²) in [6.45, 7) is 0.315. The molecule has 1 amide bonds. The maximum atomic E-state index is 14.8. The average Bonchev–Trinajstić information content (AvgIpc) is 2.97. The molecule has 0 spiro atoms. The van der Waals surface area contributed by atoms with Gasteiger partial charge in [-0.05, 0) is 55.4 Å². The minimum absolute atomic E-state index is 0.0409. The van der Waals surface area contributed by atoms with Crippen LogP contribution in [0.3, 0.4) is 0 Å². The van der Waals surface area contributed by atoms with Gasteiger partial charge in [0.15, 0.2) is 28.2 Å². The molecule has 3 aromatic rings. The van der Waals surface area contributed by atoms with Crippen molar-refractivity contribution >= 4 is 27.6 Å². The number of carbonyl (C=O) groups excluding carboxylic acids is 1. The largest absolute Gasteiger partial charge is 0.507 e. The number of amides is 1. The van der Waals surface area contributed by atoms with Crippen molar-refractivity contribution < 1.29 is 45.8 Å². The van der Waals surface area contributed by atoms with Crippen molar-refractivity contribution in [3.05, 3.63) is 88.0 Å². The summed E-state index contributed by atoms with van der Waals surface area (Å²) in [7, 11) is -5.15. The number of nitrogens with zero attached hydrogens (tertiary/aromatic N) is 2. The van der Waals surface area contributed by atoms with Crippen molar-refractivity contribution in [2.45, 2.75) is 68.8 Å². The second kappa shape index (κ2) is 12.2. The molecule has 234 valence electrons. The molecule has 13 heteroatoms. The molecule has 3 aromatic carbocycles. The predicted octanol–water partition coefficient (Wildman–Crippen LogP) is 6.00. The molecule has 0 bridgehead atoms. The van der Waals surface area contributed by atoms with Crippen LogP contribution in [0.2, 0.25) is 0 Å². The van der Waals surface area contributed by atoms with Crippen LogP contribution in [-0.4, -0.2) is 47.4 Å². The van der Waals surface area contributed by atoms with E-state index in [4.69, 9.17) is 0 Å². The number of carboxylic acids is 1. The van der Waals surface area contributed by atoms with Crippen molar-refractivity contribution in [2.75, 3.05) is 11.4 Å². The standard InChI is InChI=1S/C31H30F4N2O6S/c1-17-25(32)27(34)28(35)29(26(17)33)44(42,43)37-14-13-23(37)30(39)36(21-11-12-22(31(40)41)24(38)15-21)16-18-7-9-20(10-8-18)19-5-3-2-4-6-19/h7-12,15,19,23,38H,2-6,13-14,16H2,1H3,(H,40,41)/t23-/m1/s1. The van der Waals surface area contributed by atoms with Gasteiger partial charge in [-0.15, -0.1) is 0 Å². The molecule has 8 nitrogen and oxygen atoms in total. The van der Waals surface area contributed by atoms with E-state index in [9.17, 15) is 45.8 Å². The fourth-order valence-electron chi connectivity index (χ4n) is 5.82. The van der Waals surface area contributed by atoms with Gasteiger partial charge in [0.05, 0.1) is 6.54 Å². The van der Waals surface area contributed by atoms with Crippen molar-refractivity contribution in [1.29, 1.82) is 0 Å². The summed E-state index contributed by atoms with van der Waals surface area (Å²) >= 11 is 0. The summed E-state index contributed by atoms with van der Waals surface area (Å²) in [6, 6.07) is 9.48. The summed E-state index contributed by atoms with van der Waals surface area (Å²) in [6.07, 6.45) is 5.57. The third kappa shape index (κ3) is 5.65. The van der Waals surface area contributed by atoms with Gasteiger partial charge in [0.2, 0.25) is 15.9 Å². The lowest BCUT2D eigenvalue weighted by Crippen LogP contribution is -2.59. The van der Waals surface area contributed by atoms with Crippen LogP contribution >= 0.6 is 0 Å². The number of anilines is 1. The molecule has 44 heavy (non-hydrogen) atoms. The van der Waals surface area contributed by atoms with Crippen LogP contribution in [0.25, 0.3) is 0 Å². The number of phenols is 1. The maximum Gasteiger partial charge on any atom is 0.339 e. The number of aromatic carboxylic acids is 1. The Morgan fingerprint density at radius 3 is 2.14 bits per heavy atom. The first-order valence-electron chi connectivity index (χ1n) is 14.1. The van der Waals surface area contributed by atoms with E-state index in [2.05, 4.69) is 0 Å². The average molecular weight is 635 g/mol. The first-order valence-corrected chi connectivity index (χ1v) is 15.6. The van der Waals surface area contributed by atoms with Gasteiger partial charge in [0.1, 0.15) is 17.4 Å². The topological polar surface area (TPSA) is 115 Å². The van der Waals surface area contributed by atoms with Gasteiger partial charge in [0.25, 0.3) is 0 Å². The van der Waals surface area contributed by atoms with Gasteiger partial charge in [-0.3, -0.25) is 4.79 Å². The first-order chi connectivity index (χ1) is 20.8. The number of aromatic hydroxyl groups is 1. The summed E-state index contributed by atoms with van der Waals surface area (Å²) < 4.78 is 84.7. The number of carbonyl (C=O) groups is 2. The molecule has 1 heterocycles. The van der Waals surface area contributed by atoms with Gasteiger partial charge >= 0.3 is 5.97 Å². The smallest absolute Gasteiger partial charge is 0.339 e. The Kier molecular flexibility index (Phi) is 8.72. The van der Waals surface area contributed by atoms with Gasteiger partial charge in [0, 0.05) is 23.9 Å². The lowest BCUT2D eigenvalue weighted by Gasteiger charge is -2.41. The highest BCUT2D eigenvalue weighted by molar-refractivity contribution is 7.89. The molecule has 1 aliphatic carbocycles.